The molecule has 0 saturated carbocycles. The number of aromatic carboxylic acids is 1. The SMILES string of the molecule is O=C(/C=C/c1ccc(Cl)cc1)Nc1cccnc1C(=O)O. The minimum atomic E-state index is -1.20. The average Bonchev–Trinajstić information content (AvgIpc) is 2.47. The first-order chi connectivity index (χ1) is 10.1. The van der Waals surface area contributed by atoms with E-state index in [0.29, 0.717) is 5.02 Å². The fourth-order valence-corrected chi connectivity index (χ4v) is 1.72. The Morgan fingerprint density at radius 2 is 1.90 bits per heavy atom. The van der Waals surface area contributed by atoms with Crippen LogP contribution in [-0.4, -0.2) is 22.0 Å². The number of pyridine rings is 1. The lowest BCUT2D eigenvalue weighted by Crippen LogP contribution is -2.13. The molecule has 21 heavy (non-hydrogen) atoms. The number of benzene rings is 1. The number of carboxylic acid groups (broad SMARTS) is 1. The molecule has 2 N–H and O–H groups in total. The fourth-order valence-electron chi connectivity index (χ4n) is 1.60. The lowest BCUT2D eigenvalue weighted by Gasteiger charge is -2.04. The lowest BCUT2D eigenvalue weighted by molar-refractivity contribution is -0.111. The molecule has 1 aromatic heterocycles. The number of carboxylic acids is 1. The first kappa shape index (κ1) is 14.7. The molecule has 106 valence electrons. The molecule has 0 spiro atoms. The van der Waals surface area contributed by atoms with Gasteiger partial charge in [-0.15, -0.1) is 0 Å². The molecule has 6 heteroatoms. The van der Waals surface area contributed by atoms with E-state index in [9.17, 15) is 9.59 Å². The zero-order valence-corrected chi connectivity index (χ0v) is 11.5. The van der Waals surface area contributed by atoms with Gasteiger partial charge < -0.3 is 10.4 Å². The molecule has 0 radical (unpaired) electrons. The smallest absolute Gasteiger partial charge is 0.356 e. The van der Waals surface area contributed by atoms with Crippen LogP contribution in [0.25, 0.3) is 6.08 Å². The second-order valence-electron chi connectivity index (χ2n) is 4.08. The van der Waals surface area contributed by atoms with Gasteiger partial charge in [0.1, 0.15) is 0 Å². The summed E-state index contributed by atoms with van der Waals surface area (Å²) in [5.41, 5.74) is 0.751. The van der Waals surface area contributed by atoms with Gasteiger partial charge in [0, 0.05) is 17.3 Å². The van der Waals surface area contributed by atoms with E-state index in [-0.39, 0.29) is 11.4 Å². The Balaban J connectivity index is 2.08. The Morgan fingerprint density at radius 3 is 2.57 bits per heavy atom. The van der Waals surface area contributed by atoms with E-state index in [1.54, 1.807) is 36.4 Å². The van der Waals surface area contributed by atoms with E-state index in [4.69, 9.17) is 16.7 Å². The summed E-state index contributed by atoms with van der Waals surface area (Å²) in [7, 11) is 0. The maximum Gasteiger partial charge on any atom is 0.356 e. The summed E-state index contributed by atoms with van der Waals surface area (Å²) in [6.07, 6.45) is 4.26. The van der Waals surface area contributed by atoms with Crippen LogP contribution in [0.4, 0.5) is 5.69 Å². The van der Waals surface area contributed by atoms with Crippen LogP contribution in [-0.2, 0) is 4.79 Å². The van der Waals surface area contributed by atoms with Gasteiger partial charge in [-0.3, -0.25) is 4.79 Å². The molecule has 0 aliphatic carbocycles. The summed E-state index contributed by atoms with van der Waals surface area (Å²) in [5.74, 6) is -1.65. The molecule has 1 amide bonds. The number of carbonyl (C=O) groups excluding carboxylic acids is 1. The molecule has 0 saturated heterocycles. The lowest BCUT2D eigenvalue weighted by atomic mass is 10.2. The number of carbonyl (C=O) groups is 2. The second kappa shape index (κ2) is 6.67. The van der Waals surface area contributed by atoms with Crippen LogP contribution in [0, 0.1) is 0 Å². The van der Waals surface area contributed by atoms with E-state index in [1.165, 1.54) is 18.3 Å². The summed E-state index contributed by atoms with van der Waals surface area (Å²) >= 11 is 5.76. The minimum absolute atomic E-state index is 0.149. The quantitative estimate of drug-likeness (QED) is 0.851. The predicted molar refractivity (Wildman–Crippen MR) is 80.3 cm³/mol. The van der Waals surface area contributed by atoms with Crippen LogP contribution in [0.15, 0.2) is 48.7 Å². The van der Waals surface area contributed by atoms with E-state index >= 15 is 0 Å². The van der Waals surface area contributed by atoms with Gasteiger partial charge in [0.05, 0.1) is 5.69 Å². The summed E-state index contributed by atoms with van der Waals surface area (Å²) < 4.78 is 0. The van der Waals surface area contributed by atoms with Crippen molar-refractivity contribution in [3.8, 4) is 0 Å². The summed E-state index contributed by atoms with van der Waals surface area (Å²) in [5, 5.41) is 12.1. The van der Waals surface area contributed by atoms with E-state index < -0.39 is 11.9 Å². The zero-order chi connectivity index (χ0) is 15.2. The van der Waals surface area contributed by atoms with Gasteiger partial charge in [-0.25, -0.2) is 9.78 Å². The van der Waals surface area contributed by atoms with Crippen molar-refractivity contribution in [2.45, 2.75) is 0 Å². The van der Waals surface area contributed by atoms with Gasteiger partial charge in [-0.1, -0.05) is 23.7 Å². The number of anilines is 1. The van der Waals surface area contributed by atoms with Gasteiger partial charge in [0.15, 0.2) is 5.69 Å². The van der Waals surface area contributed by atoms with Crippen molar-refractivity contribution in [1.82, 2.24) is 4.98 Å². The highest BCUT2D eigenvalue weighted by molar-refractivity contribution is 6.30. The normalized spacial score (nSPS) is 10.5. The van der Waals surface area contributed by atoms with Gasteiger partial charge >= 0.3 is 5.97 Å². The first-order valence-corrected chi connectivity index (χ1v) is 6.37. The number of amides is 1. The Hall–Kier alpha value is -2.66. The van der Waals surface area contributed by atoms with Gasteiger partial charge in [-0.2, -0.15) is 0 Å². The number of hydrogen-bond acceptors (Lipinski definition) is 3. The summed E-state index contributed by atoms with van der Waals surface area (Å²) in [6, 6.07) is 9.97. The van der Waals surface area contributed by atoms with Crippen molar-refractivity contribution >= 4 is 35.2 Å². The van der Waals surface area contributed by atoms with Crippen molar-refractivity contribution in [1.29, 1.82) is 0 Å². The maximum absolute atomic E-state index is 11.8. The Bertz CT molecular complexity index is 696. The number of aromatic nitrogens is 1. The van der Waals surface area contributed by atoms with Crippen LogP contribution in [0.3, 0.4) is 0 Å². The topological polar surface area (TPSA) is 79.3 Å². The number of nitrogens with zero attached hydrogens (tertiary/aromatic N) is 1. The molecule has 0 bridgehead atoms. The van der Waals surface area contributed by atoms with Crippen LogP contribution < -0.4 is 5.32 Å². The third kappa shape index (κ3) is 4.15. The minimum Gasteiger partial charge on any atom is -0.476 e. The van der Waals surface area contributed by atoms with Crippen molar-refractivity contribution < 1.29 is 14.7 Å². The van der Waals surface area contributed by atoms with Crippen molar-refractivity contribution in [3.05, 3.63) is 65.0 Å². The molecule has 5 nitrogen and oxygen atoms in total. The van der Waals surface area contributed by atoms with Gasteiger partial charge in [0.25, 0.3) is 0 Å². The number of rotatable bonds is 4. The van der Waals surface area contributed by atoms with Crippen LogP contribution in [0.5, 0.6) is 0 Å². The molecule has 0 fully saturated rings. The summed E-state index contributed by atoms with van der Waals surface area (Å²) in [4.78, 5) is 26.5. The van der Waals surface area contributed by atoms with Gasteiger partial charge in [0.2, 0.25) is 5.91 Å². The predicted octanol–water partition coefficient (Wildman–Crippen LogP) is 3.09. The number of nitrogens with one attached hydrogen (secondary N) is 1. The second-order valence-corrected chi connectivity index (χ2v) is 4.52. The molecule has 0 aliphatic rings. The molecular formula is C15H11ClN2O3. The zero-order valence-electron chi connectivity index (χ0n) is 10.8. The number of halogens is 1. The largest absolute Gasteiger partial charge is 0.476 e. The van der Waals surface area contributed by atoms with Crippen LogP contribution >= 0.6 is 11.6 Å². The highest BCUT2D eigenvalue weighted by Gasteiger charge is 2.11. The number of hydrogen-bond donors (Lipinski definition) is 2. The molecule has 1 heterocycles. The summed E-state index contributed by atoms with van der Waals surface area (Å²) in [6.45, 7) is 0. The van der Waals surface area contributed by atoms with Gasteiger partial charge in [-0.05, 0) is 35.9 Å². The third-order valence-corrected chi connectivity index (χ3v) is 2.82. The molecule has 1 aromatic carbocycles. The fraction of sp³-hybridized carbons (Fsp3) is 0. The van der Waals surface area contributed by atoms with E-state index in [0.717, 1.165) is 5.56 Å². The van der Waals surface area contributed by atoms with Crippen molar-refractivity contribution in [3.63, 3.8) is 0 Å². The molecular weight excluding hydrogens is 292 g/mol. The van der Waals surface area contributed by atoms with Crippen LogP contribution in [0.1, 0.15) is 16.1 Å². The van der Waals surface area contributed by atoms with Crippen LogP contribution in [0.2, 0.25) is 5.02 Å². The standard InChI is InChI=1S/C15H11ClN2O3/c16-11-6-3-10(4-7-11)5-8-13(19)18-12-2-1-9-17-14(12)15(20)21/h1-9H,(H,18,19)(H,20,21)/b8-5+. The molecule has 0 unspecified atom stereocenters. The van der Waals surface area contributed by atoms with Crippen molar-refractivity contribution in [2.75, 3.05) is 5.32 Å². The van der Waals surface area contributed by atoms with E-state index in [1.807, 2.05) is 0 Å². The first-order valence-electron chi connectivity index (χ1n) is 5.99. The third-order valence-electron chi connectivity index (χ3n) is 2.57. The average molecular weight is 303 g/mol. The molecule has 0 atom stereocenters. The molecule has 0 aliphatic heterocycles. The highest BCUT2D eigenvalue weighted by atomic mass is 35.5. The Morgan fingerprint density at radius 1 is 1.19 bits per heavy atom. The Labute approximate surface area is 125 Å². The molecule has 2 aromatic rings. The monoisotopic (exact) mass is 302 g/mol. The Kier molecular flexibility index (Phi) is 4.68. The molecule has 2 rings (SSSR count). The van der Waals surface area contributed by atoms with Crippen molar-refractivity contribution in [2.24, 2.45) is 0 Å². The maximum atomic E-state index is 11.8. The highest BCUT2D eigenvalue weighted by Crippen LogP contribution is 2.13. The van der Waals surface area contributed by atoms with E-state index in [2.05, 4.69) is 10.3 Å².